The summed E-state index contributed by atoms with van der Waals surface area (Å²) in [7, 11) is 0. The van der Waals surface area contributed by atoms with Crippen LogP contribution < -0.4 is 11.3 Å². The second-order valence-corrected chi connectivity index (χ2v) is 8.51. The number of anilines is 1. The number of carboxylic acids is 1. The van der Waals surface area contributed by atoms with Crippen LogP contribution in [0.5, 0.6) is 0 Å². The summed E-state index contributed by atoms with van der Waals surface area (Å²) in [6.45, 7) is 6.18. The fourth-order valence-electron chi connectivity index (χ4n) is 4.01. The molecule has 0 aliphatic carbocycles. The summed E-state index contributed by atoms with van der Waals surface area (Å²) in [6.07, 6.45) is 4.95. The lowest BCUT2D eigenvalue weighted by Crippen LogP contribution is -2.19. The minimum absolute atomic E-state index is 0.0636. The first-order valence-electron chi connectivity index (χ1n) is 12.5. The first kappa shape index (κ1) is 27.2. The number of nitrogens with one attached hydrogen (secondary N) is 1. The van der Waals surface area contributed by atoms with Gasteiger partial charge in [-0.05, 0) is 54.7 Å². The van der Waals surface area contributed by atoms with Gasteiger partial charge in [-0.3, -0.25) is 14.9 Å². The number of H-pyrrole nitrogens is 1. The predicted octanol–water partition coefficient (Wildman–Crippen LogP) is 5.96. The number of rotatable bonds is 8. The van der Waals surface area contributed by atoms with E-state index in [9.17, 15) is 14.7 Å². The Morgan fingerprint density at radius 2 is 1.57 bits per heavy atom. The lowest BCUT2D eigenvalue weighted by molar-refractivity contribution is 0.0696. The summed E-state index contributed by atoms with van der Waals surface area (Å²) in [5, 5.41) is 12.5. The summed E-state index contributed by atoms with van der Waals surface area (Å²) in [5.74, 6) is -1.08. The Morgan fingerprint density at radius 1 is 0.946 bits per heavy atom. The van der Waals surface area contributed by atoms with Gasteiger partial charge in [0.05, 0.1) is 22.5 Å². The molecule has 1 heterocycles. The Bertz CT molecular complexity index is 1430. The topological polar surface area (TPSA) is 113 Å². The van der Waals surface area contributed by atoms with Crippen LogP contribution in [0.4, 0.5) is 11.4 Å². The van der Waals surface area contributed by atoms with Crippen molar-refractivity contribution >= 4 is 23.6 Å². The summed E-state index contributed by atoms with van der Waals surface area (Å²) >= 11 is 0. The standard InChI is InChI=1S/C22H23N3O3.C8H11N/c1-3-9-19-17(14-23-18-12-7-5-10-15(18)4-2)21(26)25(24-19)20-13-8-6-11-16(20)22(27)28;1-2-7-5-3-4-6-8(7)9/h5-8,10-14,24H,3-4,9H2,1-2H3,(H,27,28);3-6H,2,9H2,1H3. The maximum absolute atomic E-state index is 13.1. The molecule has 3 aromatic carbocycles. The zero-order valence-corrected chi connectivity index (χ0v) is 21.6. The minimum Gasteiger partial charge on any atom is -0.478 e. The third-order valence-electron chi connectivity index (χ3n) is 6.02. The number of nitrogens with two attached hydrogens (primary N) is 1. The van der Waals surface area contributed by atoms with Crippen LogP contribution in [0.2, 0.25) is 0 Å². The van der Waals surface area contributed by atoms with Gasteiger partial charge in [0, 0.05) is 17.6 Å². The molecule has 37 heavy (non-hydrogen) atoms. The maximum Gasteiger partial charge on any atom is 0.337 e. The van der Waals surface area contributed by atoms with E-state index in [1.165, 1.54) is 16.3 Å². The normalized spacial score (nSPS) is 10.8. The van der Waals surface area contributed by atoms with Gasteiger partial charge < -0.3 is 10.8 Å². The van der Waals surface area contributed by atoms with Crippen LogP contribution in [0.3, 0.4) is 0 Å². The van der Waals surface area contributed by atoms with Crippen molar-refractivity contribution in [3.8, 4) is 5.69 Å². The van der Waals surface area contributed by atoms with E-state index in [1.54, 1.807) is 24.4 Å². The summed E-state index contributed by atoms with van der Waals surface area (Å²) in [4.78, 5) is 29.2. The number of aliphatic imine (C=N–C) groups is 1. The fourth-order valence-corrected chi connectivity index (χ4v) is 4.01. The average Bonchev–Trinajstić information content (AvgIpc) is 3.23. The number of aromatic amines is 1. The zero-order chi connectivity index (χ0) is 26.8. The molecule has 4 rings (SSSR count). The van der Waals surface area contributed by atoms with Gasteiger partial charge in [-0.1, -0.05) is 75.7 Å². The minimum atomic E-state index is -1.08. The molecule has 0 aliphatic rings. The summed E-state index contributed by atoms with van der Waals surface area (Å²) < 4.78 is 1.29. The van der Waals surface area contributed by atoms with Crippen molar-refractivity contribution in [2.75, 3.05) is 5.73 Å². The molecule has 7 heteroatoms. The molecule has 0 saturated carbocycles. The molecule has 0 spiro atoms. The second kappa shape index (κ2) is 13.1. The highest BCUT2D eigenvalue weighted by molar-refractivity contribution is 5.92. The van der Waals surface area contributed by atoms with Gasteiger partial charge in [-0.2, -0.15) is 0 Å². The number of aryl methyl sites for hydroxylation is 3. The lowest BCUT2D eigenvalue weighted by Gasteiger charge is -2.05. The molecule has 1 aromatic heterocycles. The SMILES string of the molecule is CCCc1[nH]n(-c2ccccc2C(=O)O)c(=O)c1C=Nc1ccccc1CC.CCc1ccccc1N. The second-order valence-electron chi connectivity index (χ2n) is 8.51. The maximum atomic E-state index is 13.1. The van der Waals surface area contributed by atoms with Gasteiger partial charge in [0.2, 0.25) is 0 Å². The molecular formula is C30H34N4O3. The van der Waals surface area contributed by atoms with Crippen molar-refractivity contribution in [1.82, 2.24) is 9.78 Å². The van der Waals surface area contributed by atoms with E-state index in [4.69, 9.17) is 5.73 Å². The highest BCUT2D eigenvalue weighted by Gasteiger charge is 2.18. The number of para-hydroxylation sites is 3. The molecule has 0 radical (unpaired) electrons. The summed E-state index contributed by atoms with van der Waals surface area (Å²) in [5.41, 5.74) is 10.9. The van der Waals surface area contributed by atoms with Gasteiger partial charge >= 0.3 is 5.97 Å². The molecule has 4 N–H and O–H groups in total. The zero-order valence-electron chi connectivity index (χ0n) is 21.6. The molecule has 0 aliphatic heterocycles. The van der Waals surface area contributed by atoms with Crippen LogP contribution in [0.25, 0.3) is 5.69 Å². The monoisotopic (exact) mass is 498 g/mol. The molecule has 192 valence electrons. The van der Waals surface area contributed by atoms with E-state index in [0.29, 0.717) is 17.7 Å². The van der Waals surface area contributed by atoms with E-state index in [0.717, 1.165) is 41.9 Å². The molecule has 0 bridgehead atoms. The van der Waals surface area contributed by atoms with Crippen LogP contribution in [-0.4, -0.2) is 27.1 Å². The Kier molecular flexibility index (Phi) is 9.61. The highest BCUT2D eigenvalue weighted by atomic mass is 16.4. The van der Waals surface area contributed by atoms with Gasteiger partial charge in [-0.15, -0.1) is 0 Å². The van der Waals surface area contributed by atoms with Gasteiger partial charge in [0.15, 0.2) is 0 Å². The number of hydrogen-bond donors (Lipinski definition) is 3. The Labute approximate surface area is 217 Å². The van der Waals surface area contributed by atoms with E-state index >= 15 is 0 Å². The first-order chi connectivity index (χ1) is 17.9. The van der Waals surface area contributed by atoms with Gasteiger partial charge in [0.1, 0.15) is 0 Å². The number of carbonyl (C=O) groups is 1. The number of aromatic carboxylic acids is 1. The Morgan fingerprint density at radius 3 is 2.19 bits per heavy atom. The van der Waals surface area contributed by atoms with E-state index < -0.39 is 5.97 Å². The van der Waals surface area contributed by atoms with E-state index in [1.807, 2.05) is 49.4 Å². The molecular weight excluding hydrogens is 464 g/mol. The smallest absolute Gasteiger partial charge is 0.337 e. The molecule has 0 unspecified atom stereocenters. The largest absolute Gasteiger partial charge is 0.478 e. The number of aromatic nitrogens is 2. The molecule has 0 saturated heterocycles. The third-order valence-corrected chi connectivity index (χ3v) is 6.02. The van der Waals surface area contributed by atoms with Crippen molar-refractivity contribution < 1.29 is 9.90 Å². The van der Waals surface area contributed by atoms with Crippen LogP contribution in [0.15, 0.2) is 82.6 Å². The van der Waals surface area contributed by atoms with E-state index in [-0.39, 0.29) is 11.1 Å². The Hall–Kier alpha value is -4.39. The molecule has 0 atom stereocenters. The van der Waals surface area contributed by atoms with Crippen molar-refractivity contribution in [3.63, 3.8) is 0 Å². The lowest BCUT2D eigenvalue weighted by atomic mass is 10.1. The van der Waals surface area contributed by atoms with Crippen LogP contribution >= 0.6 is 0 Å². The van der Waals surface area contributed by atoms with Crippen molar-refractivity contribution in [2.45, 2.75) is 46.5 Å². The predicted molar refractivity (Wildman–Crippen MR) is 151 cm³/mol. The number of hydrogen-bond acceptors (Lipinski definition) is 4. The van der Waals surface area contributed by atoms with Gasteiger partial charge in [0.25, 0.3) is 5.56 Å². The molecule has 4 aromatic rings. The quantitative estimate of drug-likeness (QED) is 0.205. The number of carboxylic acid groups (broad SMARTS) is 1. The molecule has 7 nitrogen and oxygen atoms in total. The number of nitrogens with zero attached hydrogens (tertiary/aromatic N) is 2. The molecule has 0 fully saturated rings. The van der Waals surface area contributed by atoms with Gasteiger partial charge in [-0.25, -0.2) is 9.48 Å². The van der Waals surface area contributed by atoms with Crippen LogP contribution in [-0.2, 0) is 19.3 Å². The van der Waals surface area contributed by atoms with Crippen molar-refractivity contribution in [2.24, 2.45) is 4.99 Å². The third kappa shape index (κ3) is 6.64. The van der Waals surface area contributed by atoms with Crippen LogP contribution in [0, 0.1) is 0 Å². The van der Waals surface area contributed by atoms with Crippen molar-refractivity contribution in [3.05, 3.63) is 111 Å². The Balaban J connectivity index is 0.000000356. The van der Waals surface area contributed by atoms with E-state index in [2.05, 4.69) is 30.0 Å². The van der Waals surface area contributed by atoms with Crippen LogP contribution in [0.1, 0.15) is 59.9 Å². The fraction of sp³-hybridized carbons (Fsp3) is 0.233. The average molecular weight is 499 g/mol. The van der Waals surface area contributed by atoms with Crippen molar-refractivity contribution in [1.29, 1.82) is 0 Å². The molecule has 0 amide bonds. The summed E-state index contributed by atoms with van der Waals surface area (Å²) in [6, 6.07) is 22.2. The highest BCUT2D eigenvalue weighted by Crippen LogP contribution is 2.20. The number of nitrogen functional groups attached to an aromatic ring is 1. The first-order valence-corrected chi connectivity index (χ1v) is 12.5. The number of benzene rings is 3.